The molecule has 0 bridgehead atoms. The Morgan fingerprint density at radius 3 is 1.17 bits per heavy atom. The molecule has 38 valence electrons. The van der Waals surface area contributed by atoms with E-state index in [0.717, 1.165) is 0 Å². The maximum absolute atomic E-state index is 2.75. The molecule has 1 fully saturated rings. The normalized spacial score (nSPS) is 15.0. The first-order valence-electron chi connectivity index (χ1n) is 2.50. The van der Waals surface area contributed by atoms with Crippen molar-refractivity contribution in [3.8, 4) is 0 Å². The highest BCUT2D eigenvalue weighted by molar-refractivity contribution is 4.50. The van der Waals surface area contributed by atoms with E-state index in [4.69, 9.17) is 0 Å². The molecule has 1 rings (SSSR count). The van der Waals surface area contributed by atoms with E-state index in [1.807, 2.05) is 14.1 Å². The van der Waals surface area contributed by atoms with E-state index >= 15 is 0 Å². The Morgan fingerprint density at radius 1 is 1.00 bits per heavy atom. The van der Waals surface area contributed by atoms with Crippen molar-refractivity contribution in [1.82, 2.24) is 5.32 Å². The number of nitrogens with one attached hydrogen (secondary N) is 1. The van der Waals surface area contributed by atoms with Gasteiger partial charge >= 0.3 is 0 Å². The van der Waals surface area contributed by atoms with Gasteiger partial charge in [0.1, 0.15) is 0 Å². The van der Waals surface area contributed by atoms with Gasteiger partial charge in [-0.05, 0) is 14.1 Å². The average molecular weight is 87.2 g/mol. The van der Waals surface area contributed by atoms with Gasteiger partial charge in [-0.3, -0.25) is 0 Å². The standard InChI is InChI=1S/C3H6.C2H7N/c1-2-3-1;1-3-2/h1-3H2;3H,1-2H3. The Morgan fingerprint density at radius 2 is 1.17 bits per heavy atom. The SMILES string of the molecule is C1CC1.CNC. The molecule has 6 heavy (non-hydrogen) atoms. The van der Waals surface area contributed by atoms with Gasteiger partial charge in [-0.2, -0.15) is 0 Å². The van der Waals surface area contributed by atoms with Crippen molar-refractivity contribution in [2.45, 2.75) is 19.3 Å². The summed E-state index contributed by atoms with van der Waals surface area (Å²) in [7, 11) is 3.75. The second-order valence-corrected chi connectivity index (χ2v) is 1.56. The van der Waals surface area contributed by atoms with Gasteiger partial charge in [0, 0.05) is 0 Å². The Labute approximate surface area is 39.7 Å². The summed E-state index contributed by atoms with van der Waals surface area (Å²) in [6, 6.07) is 0. The predicted molar refractivity (Wildman–Crippen MR) is 28.8 cm³/mol. The van der Waals surface area contributed by atoms with Crippen LogP contribution in [-0.2, 0) is 0 Å². The van der Waals surface area contributed by atoms with Crippen LogP contribution in [0.2, 0.25) is 0 Å². The Kier molecular flexibility index (Phi) is 4.93. The van der Waals surface area contributed by atoms with E-state index in [2.05, 4.69) is 5.32 Å². The summed E-state index contributed by atoms with van der Waals surface area (Å²) < 4.78 is 0. The molecule has 0 aromatic rings. The van der Waals surface area contributed by atoms with E-state index in [1.54, 1.807) is 0 Å². The Hall–Kier alpha value is -0.0400. The summed E-state index contributed by atoms with van der Waals surface area (Å²) in [5, 5.41) is 2.75. The summed E-state index contributed by atoms with van der Waals surface area (Å²) in [5.41, 5.74) is 0. The molecule has 1 aliphatic rings. The van der Waals surface area contributed by atoms with Crippen LogP contribution in [0.3, 0.4) is 0 Å². The second kappa shape index (κ2) is 4.96. The molecule has 0 spiro atoms. The van der Waals surface area contributed by atoms with E-state index in [1.165, 1.54) is 19.3 Å². The van der Waals surface area contributed by atoms with Gasteiger partial charge < -0.3 is 5.32 Å². The van der Waals surface area contributed by atoms with Crippen LogP contribution in [0, 0.1) is 0 Å². The minimum atomic E-state index is 1.50. The van der Waals surface area contributed by atoms with Crippen LogP contribution in [0.5, 0.6) is 0 Å². The summed E-state index contributed by atoms with van der Waals surface area (Å²) in [4.78, 5) is 0. The van der Waals surface area contributed by atoms with Crippen LogP contribution >= 0.6 is 0 Å². The molecule has 0 amide bonds. The number of hydrogen-bond donors (Lipinski definition) is 1. The van der Waals surface area contributed by atoms with Crippen LogP contribution in [0.25, 0.3) is 0 Å². The highest BCUT2D eigenvalue weighted by Crippen LogP contribution is 2.14. The summed E-state index contributed by atoms with van der Waals surface area (Å²) in [6.07, 6.45) is 4.50. The molecule has 0 aromatic heterocycles. The summed E-state index contributed by atoms with van der Waals surface area (Å²) in [6.45, 7) is 0. The van der Waals surface area contributed by atoms with Gasteiger partial charge in [-0.25, -0.2) is 0 Å². The van der Waals surface area contributed by atoms with Crippen LogP contribution in [-0.4, -0.2) is 14.1 Å². The van der Waals surface area contributed by atoms with Crippen LogP contribution in [0.15, 0.2) is 0 Å². The van der Waals surface area contributed by atoms with Crippen molar-refractivity contribution in [1.29, 1.82) is 0 Å². The summed E-state index contributed by atoms with van der Waals surface area (Å²) >= 11 is 0. The summed E-state index contributed by atoms with van der Waals surface area (Å²) in [5.74, 6) is 0. The van der Waals surface area contributed by atoms with Crippen molar-refractivity contribution in [2.24, 2.45) is 0 Å². The maximum atomic E-state index is 2.75. The third-order valence-electron chi connectivity index (χ3n) is 0.354. The van der Waals surface area contributed by atoms with E-state index < -0.39 is 0 Å². The lowest BCUT2D eigenvalue weighted by Crippen LogP contribution is -1.89. The van der Waals surface area contributed by atoms with Crippen LogP contribution < -0.4 is 5.32 Å². The first-order chi connectivity index (χ1) is 2.91. The topological polar surface area (TPSA) is 12.0 Å². The van der Waals surface area contributed by atoms with E-state index in [-0.39, 0.29) is 0 Å². The number of rotatable bonds is 0. The highest BCUT2D eigenvalue weighted by Gasteiger charge is 1.95. The first-order valence-corrected chi connectivity index (χ1v) is 2.50. The zero-order valence-corrected chi connectivity index (χ0v) is 4.62. The monoisotopic (exact) mass is 87.1 g/mol. The molecule has 0 aliphatic heterocycles. The third kappa shape index (κ3) is 37.6. The minimum Gasteiger partial charge on any atom is -0.323 e. The van der Waals surface area contributed by atoms with Gasteiger partial charge in [-0.1, -0.05) is 19.3 Å². The lowest BCUT2D eigenvalue weighted by Gasteiger charge is -1.59. The Balaban J connectivity index is 0.0000000833. The molecule has 0 atom stereocenters. The lowest BCUT2D eigenvalue weighted by molar-refractivity contribution is 1.02. The van der Waals surface area contributed by atoms with Crippen molar-refractivity contribution in [2.75, 3.05) is 14.1 Å². The molecule has 1 nitrogen and oxygen atoms in total. The Bertz CT molecular complexity index is 15.1. The smallest absolute Gasteiger partial charge is 0.0167 e. The minimum absolute atomic E-state index is 1.50. The molecule has 1 aliphatic carbocycles. The molecule has 1 saturated carbocycles. The van der Waals surface area contributed by atoms with Gasteiger partial charge in [-0.15, -0.1) is 0 Å². The fourth-order valence-corrected chi connectivity index (χ4v) is 0. The molecular formula is C5H13N. The van der Waals surface area contributed by atoms with Gasteiger partial charge in [0.25, 0.3) is 0 Å². The zero-order chi connectivity index (χ0) is 4.83. The second-order valence-electron chi connectivity index (χ2n) is 1.56. The van der Waals surface area contributed by atoms with Crippen LogP contribution in [0.1, 0.15) is 19.3 Å². The third-order valence-corrected chi connectivity index (χ3v) is 0.354. The quantitative estimate of drug-likeness (QED) is 0.465. The average Bonchev–Trinajstić information content (AvgIpc) is 2.11. The molecule has 0 heterocycles. The molecule has 1 heteroatoms. The molecular weight excluding hydrogens is 74.1 g/mol. The molecule has 0 radical (unpaired) electrons. The maximum Gasteiger partial charge on any atom is -0.0167 e. The molecule has 0 unspecified atom stereocenters. The largest absolute Gasteiger partial charge is 0.323 e. The van der Waals surface area contributed by atoms with Crippen molar-refractivity contribution in [3.05, 3.63) is 0 Å². The predicted octanol–water partition coefficient (Wildman–Crippen LogP) is 1.01. The number of hydrogen-bond acceptors (Lipinski definition) is 1. The fourth-order valence-electron chi connectivity index (χ4n) is 0. The zero-order valence-electron chi connectivity index (χ0n) is 4.62. The van der Waals surface area contributed by atoms with Crippen molar-refractivity contribution < 1.29 is 0 Å². The molecule has 1 N–H and O–H groups in total. The first kappa shape index (κ1) is 5.96. The van der Waals surface area contributed by atoms with Gasteiger partial charge in [0.05, 0.1) is 0 Å². The van der Waals surface area contributed by atoms with Gasteiger partial charge in [0.2, 0.25) is 0 Å². The van der Waals surface area contributed by atoms with E-state index in [9.17, 15) is 0 Å². The van der Waals surface area contributed by atoms with Crippen LogP contribution in [0.4, 0.5) is 0 Å². The molecule has 0 saturated heterocycles. The van der Waals surface area contributed by atoms with Crippen molar-refractivity contribution in [3.63, 3.8) is 0 Å². The molecule has 0 aromatic carbocycles. The fraction of sp³-hybridized carbons (Fsp3) is 1.00. The van der Waals surface area contributed by atoms with E-state index in [0.29, 0.717) is 0 Å². The highest BCUT2D eigenvalue weighted by atomic mass is 14.7. The lowest BCUT2D eigenvalue weighted by atomic mass is 11.0. The van der Waals surface area contributed by atoms with Crippen molar-refractivity contribution >= 4 is 0 Å². The van der Waals surface area contributed by atoms with Gasteiger partial charge in [0.15, 0.2) is 0 Å².